The van der Waals surface area contributed by atoms with Crippen molar-refractivity contribution >= 4 is 40.9 Å². The van der Waals surface area contributed by atoms with Crippen molar-refractivity contribution in [3.63, 3.8) is 0 Å². The highest BCUT2D eigenvalue weighted by atomic mass is 35.6. The van der Waals surface area contributed by atoms with E-state index in [0.717, 1.165) is 6.54 Å². The van der Waals surface area contributed by atoms with E-state index < -0.39 is 9.89 Å². The van der Waals surface area contributed by atoms with Crippen molar-refractivity contribution in [2.45, 2.75) is 15.9 Å². The van der Waals surface area contributed by atoms with Gasteiger partial charge in [-0.05, 0) is 7.05 Å². The van der Waals surface area contributed by atoms with E-state index in [1.54, 1.807) is 0 Å². The van der Waals surface area contributed by atoms with Crippen LogP contribution in [0.4, 0.5) is 4.79 Å². The van der Waals surface area contributed by atoms with Crippen LogP contribution in [0, 0.1) is 0 Å². The zero-order valence-electron chi connectivity index (χ0n) is 8.75. The Labute approximate surface area is 109 Å². The van der Waals surface area contributed by atoms with E-state index in [2.05, 4.69) is 5.32 Å². The predicted octanol–water partition coefficient (Wildman–Crippen LogP) is 0.724. The molecule has 5 nitrogen and oxygen atoms in total. The third kappa shape index (κ3) is 4.93. The van der Waals surface area contributed by atoms with E-state index in [1.165, 1.54) is 0 Å². The normalized spacial score (nSPS) is 26.8. The number of nitrogens with zero attached hydrogens (tertiary/aromatic N) is 1. The fraction of sp³-hybridized carbons (Fsp3) is 0.875. The van der Waals surface area contributed by atoms with Gasteiger partial charge in [-0.3, -0.25) is 0 Å². The Morgan fingerprint density at radius 2 is 2.19 bits per heavy atom. The number of likely N-dealkylation sites (N-methyl/N-ethyl adjacent to an activating group) is 1. The summed E-state index contributed by atoms with van der Waals surface area (Å²) in [6, 6.07) is -0.238. The molecule has 0 aromatic rings. The minimum atomic E-state index is -1.59. The summed E-state index contributed by atoms with van der Waals surface area (Å²) in [6.45, 7) is 1.13. The molecule has 1 rings (SSSR count). The largest absolute Gasteiger partial charge is 0.445 e. The number of amides is 1. The number of carbonyl (C=O) groups excluding carboxylic acids is 1. The van der Waals surface area contributed by atoms with Crippen LogP contribution in [0.2, 0.25) is 0 Å². The maximum absolute atomic E-state index is 11.3. The molecule has 0 aromatic carbocycles. The van der Waals surface area contributed by atoms with E-state index in [1.807, 2.05) is 11.9 Å². The van der Waals surface area contributed by atoms with Gasteiger partial charge in [-0.1, -0.05) is 34.8 Å². The summed E-state index contributed by atoms with van der Waals surface area (Å²) in [4.78, 5) is 13.3. The molecule has 0 unspecified atom stereocenters. The lowest BCUT2D eigenvalue weighted by atomic mass is 10.2. The standard InChI is InChI=1S/C8H14Cl3N3O2/c1-14-2-5(12)6(3-14)13-7(15)16-4-8(9,10)11/h5-6H,2-4,12H2,1H3,(H,13,15)/t5-,6+/m1/s1. The lowest BCUT2D eigenvalue weighted by Crippen LogP contribution is -2.47. The van der Waals surface area contributed by atoms with Crippen molar-refractivity contribution < 1.29 is 9.53 Å². The molecule has 1 saturated heterocycles. The summed E-state index contributed by atoms with van der Waals surface area (Å²) >= 11 is 16.3. The molecule has 1 amide bonds. The fourth-order valence-corrected chi connectivity index (χ4v) is 1.69. The van der Waals surface area contributed by atoms with Gasteiger partial charge in [-0.25, -0.2) is 4.79 Å². The average Bonchev–Trinajstić information content (AvgIpc) is 2.41. The van der Waals surface area contributed by atoms with Crippen LogP contribution in [0.5, 0.6) is 0 Å². The van der Waals surface area contributed by atoms with Gasteiger partial charge in [-0.15, -0.1) is 0 Å². The molecular formula is C8H14Cl3N3O2. The minimum Gasteiger partial charge on any atom is -0.445 e. The highest BCUT2D eigenvalue weighted by Crippen LogP contribution is 2.25. The average molecular weight is 291 g/mol. The van der Waals surface area contributed by atoms with Gasteiger partial charge in [0.1, 0.15) is 6.61 Å². The zero-order chi connectivity index (χ0) is 12.3. The smallest absolute Gasteiger partial charge is 0.407 e. The minimum absolute atomic E-state index is 0.106. The Morgan fingerprint density at radius 3 is 2.62 bits per heavy atom. The molecule has 1 heterocycles. The number of hydrogen-bond donors (Lipinski definition) is 2. The number of hydrogen-bond acceptors (Lipinski definition) is 4. The molecule has 0 saturated carbocycles. The fourth-order valence-electron chi connectivity index (χ4n) is 1.53. The molecule has 2 atom stereocenters. The Morgan fingerprint density at radius 1 is 1.56 bits per heavy atom. The van der Waals surface area contributed by atoms with Gasteiger partial charge in [0.05, 0.1) is 6.04 Å². The zero-order valence-corrected chi connectivity index (χ0v) is 11.0. The summed E-state index contributed by atoms with van der Waals surface area (Å²) in [5.74, 6) is 0. The Bertz CT molecular complexity index is 259. The van der Waals surface area contributed by atoms with Gasteiger partial charge in [0.2, 0.25) is 3.79 Å². The van der Waals surface area contributed by atoms with Crippen LogP contribution < -0.4 is 11.1 Å². The Hall–Kier alpha value is 0.0600. The molecular weight excluding hydrogens is 276 g/mol. The number of halogens is 3. The highest BCUT2D eigenvalue weighted by molar-refractivity contribution is 6.67. The van der Waals surface area contributed by atoms with Crippen LogP contribution >= 0.6 is 34.8 Å². The molecule has 0 radical (unpaired) electrons. The molecule has 0 bridgehead atoms. The van der Waals surface area contributed by atoms with Crippen molar-refractivity contribution in [1.29, 1.82) is 0 Å². The molecule has 16 heavy (non-hydrogen) atoms. The van der Waals surface area contributed by atoms with Gasteiger partial charge >= 0.3 is 6.09 Å². The SMILES string of the molecule is CN1C[C@@H](N)[C@@H](NC(=O)OCC(Cl)(Cl)Cl)C1. The second kappa shape index (κ2) is 5.60. The lowest BCUT2D eigenvalue weighted by Gasteiger charge is -2.17. The van der Waals surface area contributed by atoms with Crippen molar-refractivity contribution in [2.75, 3.05) is 26.7 Å². The summed E-state index contributed by atoms with van der Waals surface area (Å²) in [5, 5.41) is 2.63. The Balaban J connectivity index is 2.29. The monoisotopic (exact) mass is 289 g/mol. The first-order chi connectivity index (χ1) is 7.28. The lowest BCUT2D eigenvalue weighted by molar-refractivity contribution is 0.144. The third-order valence-corrected chi connectivity index (χ3v) is 2.55. The number of nitrogens with two attached hydrogens (primary N) is 1. The predicted molar refractivity (Wildman–Crippen MR) is 64.0 cm³/mol. The summed E-state index contributed by atoms with van der Waals surface area (Å²) < 4.78 is 3.14. The van der Waals surface area contributed by atoms with Crippen LogP contribution in [0.15, 0.2) is 0 Å². The van der Waals surface area contributed by atoms with Gasteiger partial charge < -0.3 is 20.7 Å². The van der Waals surface area contributed by atoms with E-state index in [4.69, 9.17) is 45.3 Å². The molecule has 1 aliphatic heterocycles. The van der Waals surface area contributed by atoms with E-state index in [0.29, 0.717) is 6.54 Å². The first-order valence-electron chi connectivity index (χ1n) is 4.72. The highest BCUT2D eigenvalue weighted by Gasteiger charge is 2.30. The number of rotatable bonds is 2. The molecule has 1 fully saturated rings. The maximum Gasteiger partial charge on any atom is 0.407 e. The number of likely N-dealkylation sites (tertiary alicyclic amines) is 1. The maximum atomic E-state index is 11.3. The van der Waals surface area contributed by atoms with Crippen LogP contribution in [0.3, 0.4) is 0 Å². The number of alkyl halides is 3. The molecule has 3 N–H and O–H groups in total. The second-order valence-corrected chi connectivity index (χ2v) is 6.34. The topological polar surface area (TPSA) is 67.6 Å². The van der Waals surface area contributed by atoms with Crippen molar-refractivity contribution in [3.8, 4) is 0 Å². The number of nitrogens with one attached hydrogen (secondary N) is 1. The third-order valence-electron chi connectivity index (χ3n) is 2.22. The van der Waals surface area contributed by atoms with Gasteiger partial charge in [0, 0.05) is 19.1 Å². The van der Waals surface area contributed by atoms with Crippen molar-refractivity contribution in [3.05, 3.63) is 0 Å². The molecule has 8 heteroatoms. The summed E-state index contributed by atoms with van der Waals surface area (Å²) in [6.07, 6.45) is -0.623. The second-order valence-electron chi connectivity index (χ2n) is 3.83. The van der Waals surface area contributed by atoms with Crippen LogP contribution in [0.25, 0.3) is 0 Å². The van der Waals surface area contributed by atoms with Gasteiger partial charge in [-0.2, -0.15) is 0 Å². The van der Waals surface area contributed by atoms with Gasteiger partial charge in [0.25, 0.3) is 0 Å². The number of ether oxygens (including phenoxy) is 1. The van der Waals surface area contributed by atoms with Gasteiger partial charge in [0.15, 0.2) is 0 Å². The molecule has 0 spiro atoms. The number of alkyl carbamates (subject to hydrolysis) is 1. The molecule has 0 aromatic heterocycles. The molecule has 0 aliphatic carbocycles. The van der Waals surface area contributed by atoms with Crippen LogP contribution in [-0.4, -0.2) is 53.6 Å². The molecule has 1 aliphatic rings. The van der Waals surface area contributed by atoms with E-state index >= 15 is 0 Å². The quantitative estimate of drug-likeness (QED) is 0.736. The van der Waals surface area contributed by atoms with Crippen LogP contribution in [-0.2, 0) is 4.74 Å². The van der Waals surface area contributed by atoms with E-state index in [9.17, 15) is 4.79 Å². The Kier molecular flexibility index (Phi) is 4.94. The first-order valence-corrected chi connectivity index (χ1v) is 5.85. The van der Waals surface area contributed by atoms with Crippen molar-refractivity contribution in [1.82, 2.24) is 10.2 Å². The van der Waals surface area contributed by atoms with Crippen LogP contribution in [0.1, 0.15) is 0 Å². The van der Waals surface area contributed by atoms with Crippen molar-refractivity contribution in [2.24, 2.45) is 5.73 Å². The molecule has 94 valence electrons. The summed E-state index contributed by atoms with van der Waals surface area (Å²) in [7, 11) is 1.92. The van der Waals surface area contributed by atoms with E-state index in [-0.39, 0.29) is 18.7 Å². The summed E-state index contributed by atoms with van der Waals surface area (Å²) in [5.41, 5.74) is 5.81. The number of carbonyl (C=O) groups is 1. The first kappa shape index (κ1) is 14.1.